The molecule has 2 N–H and O–H groups in total. The van der Waals surface area contributed by atoms with Crippen LogP contribution in [-0.4, -0.2) is 67.3 Å². The highest BCUT2D eigenvalue weighted by Crippen LogP contribution is 2.34. The van der Waals surface area contributed by atoms with Gasteiger partial charge in [0.25, 0.3) is 0 Å². The Kier molecular flexibility index (Phi) is 7.59. The largest absolute Gasteiger partial charge is 0.383 e. The lowest BCUT2D eigenvalue weighted by Crippen LogP contribution is -2.43. The molecule has 2 aliphatic rings. The molecule has 7 rings (SSSR count). The number of hydrogen-bond donors (Lipinski definition) is 1. The van der Waals surface area contributed by atoms with Crippen molar-refractivity contribution in [3.8, 4) is 28.3 Å². The van der Waals surface area contributed by atoms with Gasteiger partial charge in [-0.3, -0.25) is 14.2 Å². The Morgan fingerprint density at radius 2 is 1.60 bits per heavy atom. The molecule has 9 nitrogen and oxygen atoms in total. The number of anilines is 1. The Labute approximate surface area is 262 Å². The second-order valence-electron chi connectivity index (χ2n) is 11.8. The summed E-state index contributed by atoms with van der Waals surface area (Å²) < 4.78 is 2.05. The summed E-state index contributed by atoms with van der Waals surface area (Å²) in [6.45, 7) is 6.25. The van der Waals surface area contributed by atoms with Crippen molar-refractivity contribution in [2.24, 2.45) is 5.92 Å². The fraction of sp³-hybridized carbons (Fsp3) is 0.250. The van der Waals surface area contributed by atoms with Crippen molar-refractivity contribution in [3.63, 3.8) is 0 Å². The highest BCUT2D eigenvalue weighted by Gasteiger charge is 2.34. The molecule has 1 unspecified atom stereocenters. The van der Waals surface area contributed by atoms with Crippen molar-refractivity contribution in [2.75, 3.05) is 31.9 Å². The van der Waals surface area contributed by atoms with Crippen LogP contribution in [0.15, 0.2) is 97.7 Å². The van der Waals surface area contributed by atoms with E-state index in [1.165, 1.54) is 11.6 Å². The average Bonchev–Trinajstić information content (AvgIpc) is 3.74. The Morgan fingerprint density at radius 1 is 0.844 bits per heavy atom. The summed E-state index contributed by atoms with van der Waals surface area (Å²) in [5.74, 6) is 1.48. The third-order valence-electron chi connectivity index (χ3n) is 9.11. The molecule has 45 heavy (non-hydrogen) atoms. The summed E-state index contributed by atoms with van der Waals surface area (Å²) in [7, 11) is 0. The number of nitrogen functional groups attached to an aromatic ring is 1. The van der Waals surface area contributed by atoms with Crippen molar-refractivity contribution in [1.29, 1.82) is 0 Å². The standard InChI is InChI=1S/C36H35N7O2/c1-2-32(44)41-20-16-26(17-21-41)36(45)42-22-18-27(23-42)24-10-12-28(13-11-24)43-34(29-9-6-19-38-33(29)37)40-31-15-14-30(39-35(31)43)25-7-4-3-5-8-25/h2-15,19,26-27H,1,16-18,20-23H2,(H2,37,38). The molecule has 226 valence electrons. The minimum atomic E-state index is -0.0577. The van der Waals surface area contributed by atoms with E-state index in [1.807, 2.05) is 64.1 Å². The first-order valence-corrected chi connectivity index (χ1v) is 15.5. The van der Waals surface area contributed by atoms with Crippen LogP contribution in [-0.2, 0) is 9.59 Å². The minimum absolute atomic E-state index is 0.0267. The number of pyridine rings is 2. The van der Waals surface area contributed by atoms with Crippen LogP contribution in [0.25, 0.3) is 39.5 Å². The molecule has 5 aromatic rings. The SMILES string of the molecule is C=CC(=O)N1CCC(C(=O)N2CCC(c3ccc(-n4c(-c5cccnc5N)nc5ccc(-c6ccccc6)nc54)cc3)C2)CC1. The van der Waals surface area contributed by atoms with Crippen molar-refractivity contribution in [2.45, 2.75) is 25.2 Å². The minimum Gasteiger partial charge on any atom is -0.383 e. The normalized spacial score (nSPS) is 17.1. The third-order valence-corrected chi connectivity index (χ3v) is 9.11. The lowest BCUT2D eigenvalue weighted by atomic mass is 9.95. The summed E-state index contributed by atoms with van der Waals surface area (Å²) >= 11 is 0. The van der Waals surface area contributed by atoms with E-state index >= 15 is 0 Å². The quantitative estimate of drug-likeness (QED) is 0.260. The molecular formula is C36H35N7O2. The zero-order valence-corrected chi connectivity index (χ0v) is 25.0. The van der Waals surface area contributed by atoms with Gasteiger partial charge in [-0.1, -0.05) is 49.0 Å². The van der Waals surface area contributed by atoms with Crippen molar-refractivity contribution in [3.05, 3.63) is 103 Å². The van der Waals surface area contributed by atoms with Crippen LogP contribution in [0.3, 0.4) is 0 Å². The second kappa shape index (κ2) is 12.0. The topological polar surface area (TPSA) is 110 Å². The number of amides is 2. The third kappa shape index (κ3) is 5.46. The first-order chi connectivity index (χ1) is 22.0. The van der Waals surface area contributed by atoms with E-state index in [-0.39, 0.29) is 23.7 Å². The lowest BCUT2D eigenvalue weighted by molar-refractivity contribution is -0.138. The molecular weight excluding hydrogens is 562 g/mol. The molecule has 2 aliphatic heterocycles. The van der Waals surface area contributed by atoms with Gasteiger partial charge in [-0.05, 0) is 67.3 Å². The lowest BCUT2D eigenvalue weighted by Gasteiger charge is -2.32. The van der Waals surface area contributed by atoms with Gasteiger partial charge >= 0.3 is 0 Å². The van der Waals surface area contributed by atoms with E-state index in [2.05, 4.69) is 35.8 Å². The van der Waals surface area contributed by atoms with Gasteiger partial charge in [0.2, 0.25) is 11.8 Å². The smallest absolute Gasteiger partial charge is 0.245 e. The average molecular weight is 598 g/mol. The maximum absolute atomic E-state index is 13.4. The van der Waals surface area contributed by atoms with E-state index in [9.17, 15) is 9.59 Å². The first-order valence-electron chi connectivity index (χ1n) is 15.5. The number of nitrogens with two attached hydrogens (primary N) is 1. The monoisotopic (exact) mass is 597 g/mol. The molecule has 9 heteroatoms. The Morgan fingerprint density at radius 3 is 2.33 bits per heavy atom. The van der Waals surface area contributed by atoms with Crippen LogP contribution < -0.4 is 5.73 Å². The van der Waals surface area contributed by atoms with Crippen molar-refractivity contribution in [1.82, 2.24) is 29.3 Å². The molecule has 0 radical (unpaired) electrons. The molecule has 2 amide bonds. The summed E-state index contributed by atoms with van der Waals surface area (Å²) in [5.41, 5.74) is 12.6. The molecule has 0 spiro atoms. The van der Waals surface area contributed by atoms with Gasteiger partial charge in [-0.25, -0.2) is 15.0 Å². The summed E-state index contributed by atoms with van der Waals surface area (Å²) in [5, 5.41) is 0. The van der Waals surface area contributed by atoms with Gasteiger partial charge in [0.05, 0.1) is 11.3 Å². The van der Waals surface area contributed by atoms with E-state index in [0.29, 0.717) is 44.1 Å². The molecule has 5 heterocycles. The molecule has 1 atom stereocenters. The number of hydrogen-bond acceptors (Lipinski definition) is 6. The van der Waals surface area contributed by atoms with E-state index < -0.39 is 0 Å². The second-order valence-corrected chi connectivity index (χ2v) is 11.8. The van der Waals surface area contributed by atoms with Gasteiger partial charge in [-0.15, -0.1) is 0 Å². The molecule has 2 fully saturated rings. The number of carbonyl (C=O) groups is 2. The predicted molar refractivity (Wildman–Crippen MR) is 175 cm³/mol. The first kappa shape index (κ1) is 28.5. The summed E-state index contributed by atoms with van der Waals surface area (Å²) in [4.78, 5) is 43.4. The van der Waals surface area contributed by atoms with E-state index in [4.69, 9.17) is 15.7 Å². The van der Waals surface area contributed by atoms with Gasteiger partial charge in [0, 0.05) is 55.5 Å². The Balaban J connectivity index is 1.15. The number of piperidine rings is 1. The molecule has 0 aliphatic carbocycles. The maximum Gasteiger partial charge on any atom is 0.245 e. The van der Waals surface area contributed by atoms with Crippen LogP contribution in [0.4, 0.5) is 5.82 Å². The summed E-state index contributed by atoms with van der Waals surface area (Å²) in [6.07, 6.45) is 5.36. The van der Waals surface area contributed by atoms with Gasteiger partial charge < -0.3 is 15.5 Å². The zero-order chi connectivity index (χ0) is 30.9. The Hall–Kier alpha value is -5.31. The van der Waals surface area contributed by atoms with Crippen molar-refractivity contribution < 1.29 is 9.59 Å². The predicted octanol–water partition coefficient (Wildman–Crippen LogP) is 5.47. The zero-order valence-electron chi connectivity index (χ0n) is 25.0. The number of nitrogens with zero attached hydrogens (tertiary/aromatic N) is 6. The van der Waals surface area contributed by atoms with Gasteiger partial charge in [0.1, 0.15) is 11.3 Å². The van der Waals surface area contributed by atoms with Crippen LogP contribution in [0.2, 0.25) is 0 Å². The van der Waals surface area contributed by atoms with Gasteiger partial charge in [0.15, 0.2) is 11.5 Å². The highest BCUT2D eigenvalue weighted by molar-refractivity contribution is 5.87. The molecule has 3 aromatic heterocycles. The van der Waals surface area contributed by atoms with E-state index in [1.54, 1.807) is 11.1 Å². The molecule has 2 saturated heterocycles. The maximum atomic E-state index is 13.4. The number of carbonyl (C=O) groups excluding carboxylic acids is 2. The fourth-order valence-electron chi connectivity index (χ4n) is 6.62. The molecule has 0 saturated carbocycles. The summed E-state index contributed by atoms with van der Waals surface area (Å²) in [6, 6.07) is 26.4. The van der Waals surface area contributed by atoms with Crippen molar-refractivity contribution >= 4 is 28.8 Å². The molecule has 0 bridgehead atoms. The number of fused-ring (bicyclic) bond motifs is 1. The fourth-order valence-corrected chi connectivity index (χ4v) is 6.62. The number of imidazole rings is 1. The molecule has 2 aromatic carbocycles. The van der Waals surface area contributed by atoms with Crippen LogP contribution in [0, 0.1) is 5.92 Å². The number of likely N-dealkylation sites (tertiary alicyclic amines) is 2. The number of rotatable bonds is 6. The van der Waals surface area contributed by atoms with Gasteiger partial charge in [-0.2, -0.15) is 0 Å². The van der Waals surface area contributed by atoms with E-state index in [0.717, 1.165) is 46.6 Å². The van der Waals surface area contributed by atoms with Crippen LogP contribution >= 0.6 is 0 Å². The van der Waals surface area contributed by atoms with Crippen LogP contribution in [0.1, 0.15) is 30.7 Å². The number of aromatic nitrogens is 4. The Bertz CT molecular complexity index is 1880. The van der Waals surface area contributed by atoms with Crippen LogP contribution in [0.5, 0.6) is 0 Å². The highest BCUT2D eigenvalue weighted by atomic mass is 16.2. The number of benzene rings is 2.